The van der Waals surface area contributed by atoms with Crippen LogP contribution in [0.2, 0.25) is 5.02 Å². The van der Waals surface area contributed by atoms with E-state index in [0.29, 0.717) is 12.0 Å². The highest BCUT2D eigenvalue weighted by atomic mass is 35.5. The second-order valence-corrected chi connectivity index (χ2v) is 5.70. The molecule has 1 saturated heterocycles. The quantitative estimate of drug-likeness (QED) is 0.763. The summed E-state index contributed by atoms with van der Waals surface area (Å²) in [6, 6.07) is 8.20. The maximum absolute atomic E-state index is 6.35. The van der Waals surface area contributed by atoms with Crippen LogP contribution in [-0.4, -0.2) is 25.8 Å². The van der Waals surface area contributed by atoms with Crippen LogP contribution >= 0.6 is 11.6 Å². The van der Waals surface area contributed by atoms with Crippen molar-refractivity contribution in [2.24, 2.45) is 0 Å². The molecule has 1 aromatic rings. The van der Waals surface area contributed by atoms with Gasteiger partial charge in [0.05, 0.1) is 6.10 Å². The summed E-state index contributed by atoms with van der Waals surface area (Å²) in [4.78, 5) is 0. The zero-order valence-electron chi connectivity index (χ0n) is 11.7. The third-order valence-corrected chi connectivity index (χ3v) is 4.08. The molecule has 0 aliphatic carbocycles. The lowest BCUT2D eigenvalue weighted by atomic mass is 9.92. The number of hydrogen-bond acceptors (Lipinski definition) is 2. The molecule has 2 rings (SSSR count). The van der Waals surface area contributed by atoms with Crippen molar-refractivity contribution in [2.45, 2.75) is 44.6 Å². The molecule has 0 spiro atoms. The summed E-state index contributed by atoms with van der Waals surface area (Å²) in [5, 5.41) is 4.40. The van der Waals surface area contributed by atoms with E-state index in [1.165, 1.54) is 18.4 Å². The largest absolute Gasteiger partial charge is 0.378 e. The van der Waals surface area contributed by atoms with Gasteiger partial charge < -0.3 is 10.1 Å². The van der Waals surface area contributed by atoms with Crippen LogP contribution in [0.25, 0.3) is 0 Å². The monoisotopic (exact) mass is 281 g/mol. The minimum absolute atomic E-state index is 0.407. The molecule has 1 heterocycles. The molecule has 1 aromatic carbocycles. The first kappa shape index (κ1) is 14.8. The van der Waals surface area contributed by atoms with Gasteiger partial charge in [0.2, 0.25) is 0 Å². The zero-order valence-corrected chi connectivity index (χ0v) is 12.5. The van der Waals surface area contributed by atoms with E-state index in [2.05, 4.69) is 24.4 Å². The van der Waals surface area contributed by atoms with Gasteiger partial charge >= 0.3 is 0 Å². The molecule has 1 aliphatic rings. The molecule has 2 nitrogen and oxygen atoms in total. The molecule has 0 bridgehead atoms. The zero-order chi connectivity index (χ0) is 13.5. The van der Waals surface area contributed by atoms with E-state index in [-0.39, 0.29) is 0 Å². The highest BCUT2D eigenvalue weighted by Gasteiger charge is 2.23. The van der Waals surface area contributed by atoms with Crippen LogP contribution in [0, 0.1) is 0 Å². The maximum Gasteiger partial charge on any atom is 0.0582 e. The molecule has 0 aromatic heterocycles. The van der Waals surface area contributed by atoms with Gasteiger partial charge in [-0.15, -0.1) is 0 Å². The molecule has 2 unspecified atom stereocenters. The Hall–Kier alpha value is -0.570. The lowest BCUT2D eigenvalue weighted by Gasteiger charge is -2.22. The van der Waals surface area contributed by atoms with Gasteiger partial charge in [-0.05, 0) is 43.9 Å². The second kappa shape index (κ2) is 7.88. The average Bonchev–Trinajstić information content (AvgIpc) is 2.91. The summed E-state index contributed by atoms with van der Waals surface area (Å²) >= 11 is 6.35. The highest BCUT2D eigenvalue weighted by Crippen LogP contribution is 2.30. The third-order valence-electron chi connectivity index (χ3n) is 3.73. The Morgan fingerprint density at radius 3 is 2.95 bits per heavy atom. The number of halogens is 1. The van der Waals surface area contributed by atoms with Gasteiger partial charge in [0, 0.05) is 24.1 Å². The van der Waals surface area contributed by atoms with Crippen LogP contribution in [0.4, 0.5) is 0 Å². The van der Waals surface area contributed by atoms with Gasteiger partial charge in [0.25, 0.3) is 0 Å². The minimum Gasteiger partial charge on any atom is -0.378 e. The normalized spacial score (nSPS) is 20.6. The molecule has 3 heteroatoms. The van der Waals surface area contributed by atoms with E-state index in [1.807, 2.05) is 12.1 Å². The van der Waals surface area contributed by atoms with Crippen LogP contribution in [0.3, 0.4) is 0 Å². The molecule has 1 fully saturated rings. The molecule has 1 N–H and O–H groups in total. The molecular formula is C16H24ClNO. The topological polar surface area (TPSA) is 21.3 Å². The van der Waals surface area contributed by atoms with Crippen LogP contribution in [0.5, 0.6) is 0 Å². The number of benzene rings is 1. The van der Waals surface area contributed by atoms with Gasteiger partial charge in [-0.3, -0.25) is 0 Å². The van der Waals surface area contributed by atoms with Crippen molar-refractivity contribution in [2.75, 3.05) is 19.7 Å². The molecule has 0 saturated carbocycles. The summed E-state index contributed by atoms with van der Waals surface area (Å²) in [7, 11) is 0. The molecular weight excluding hydrogens is 258 g/mol. The fraction of sp³-hybridized carbons (Fsp3) is 0.625. The Balaban J connectivity index is 2.02. The predicted octanol–water partition coefficient (Wildman–Crippen LogP) is 3.99. The van der Waals surface area contributed by atoms with Crippen molar-refractivity contribution in [3.63, 3.8) is 0 Å². The van der Waals surface area contributed by atoms with Gasteiger partial charge in [-0.2, -0.15) is 0 Å². The van der Waals surface area contributed by atoms with Crippen LogP contribution in [-0.2, 0) is 4.74 Å². The van der Waals surface area contributed by atoms with Gasteiger partial charge in [0.1, 0.15) is 0 Å². The fourth-order valence-corrected chi connectivity index (χ4v) is 3.02. The van der Waals surface area contributed by atoms with Crippen LogP contribution in [0.1, 0.15) is 44.1 Å². The first-order valence-corrected chi connectivity index (χ1v) is 7.75. The van der Waals surface area contributed by atoms with E-state index >= 15 is 0 Å². The summed E-state index contributed by atoms with van der Waals surface area (Å²) in [6.07, 6.45) is 5.02. The summed E-state index contributed by atoms with van der Waals surface area (Å²) in [5.74, 6) is 0.448. The highest BCUT2D eigenvalue weighted by molar-refractivity contribution is 6.31. The number of ether oxygens (including phenoxy) is 1. The van der Waals surface area contributed by atoms with Crippen molar-refractivity contribution in [1.82, 2.24) is 5.32 Å². The Morgan fingerprint density at radius 2 is 2.26 bits per heavy atom. The molecule has 1 aliphatic heterocycles. The van der Waals surface area contributed by atoms with Crippen molar-refractivity contribution in [3.05, 3.63) is 34.9 Å². The Bertz CT molecular complexity index is 377. The van der Waals surface area contributed by atoms with E-state index in [1.54, 1.807) is 0 Å². The average molecular weight is 282 g/mol. The fourth-order valence-electron chi connectivity index (χ4n) is 2.73. The van der Waals surface area contributed by atoms with Crippen LogP contribution in [0.15, 0.2) is 24.3 Å². The van der Waals surface area contributed by atoms with E-state index in [9.17, 15) is 0 Å². The van der Waals surface area contributed by atoms with E-state index in [4.69, 9.17) is 16.3 Å². The SMILES string of the molecule is CCCNCC(CC1CCCO1)c1ccccc1Cl. The standard InChI is InChI=1S/C16H24ClNO/c1-2-9-18-12-13(11-14-6-5-10-19-14)15-7-3-4-8-16(15)17/h3-4,7-8,13-14,18H,2,5-6,9-12H2,1H3. The number of nitrogens with one attached hydrogen (secondary N) is 1. The van der Waals surface area contributed by atoms with Crippen molar-refractivity contribution < 1.29 is 4.74 Å². The predicted molar refractivity (Wildman–Crippen MR) is 80.9 cm³/mol. The van der Waals surface area contributed by atoms with Gasteiger partial charge in [0.15, 0.2) is 0 Å². The Morgan fingerprint density at radius 1 is 1.42 bits per heavy atom. The van der Waals surface area contributed by atoms with Gasteiger partial charge in [-0.1, -0.05) is 36.7 Å². The molecule has 0 amide bonds. The lowest BCUT2D eigenvalue weighted by molar-refractivity contribution is 0.0977. The number of hydrogen-bond donors (Lipinski definition) is 1. The summed E-state index contributed by atoms with van der Waals surface area (Å²) in [5.41, 5.74) is 1.25. The molecule has 106 valence electrons. The molecule has 19 heavy (non-hydrogen) atoms. The van der Waals surface area contributed by atoms with Crippen molar-refractivity contribution >= 4 is 11.6 Å². The van der Waals surface area contributed by atoms with E-state index < -0.39 is 0 Å². The first-order valence-electron chi connectivity index (χ1n) is 7.38. The Labute approximate surface area is 121 Å². The van der Waals surface area contributed by atoms with Crippen molar-refractivity contribution in [3.8, 4) is 0 Å². The third kappa shape index (κ3) is 4.48. The second-order valence-electron chi connectivity index (χ2n) is 5.29. The maximum atomic E-state index is 6.35. The smallest absolute Gasteiger partial charge is 0.0582 e. The first-order chi connectivity index (χ1) is 9.31. The minimum atomic E-state index is 0.407. The molecule has 0 radical (unpaired) electrons. The number of rotatable bonds is 7. The van der Waals surface area contributed by atoms with E-state index in [0.717, 1.165) is 37.6 Å². The Kier molecular flexibility index (Phi) is 6.15. The van der Waals surface area contributed by atoms with Crippen LogP contribution < -0.4 is 5.32 Å². The lowest BCUT2D eigenvalue weighted by Crippen LogP contribution is -2.25. The molecule has 2 atom stereocenters. The van der Waals surface area contributed by atoms with Gasteiger partial charge in [-0.25, -0.2) is 0 Å². The van der Waals surface area contributed by atoms with Crippen molar-refractivity contribution in [1.29, 1.82) is 0 Å². The summed E-state index contributed by atoms with van der Waals surface area (Å²) in [6.45, 7) is 5.16. The summed E-state index contributed by atoms with van der Waals surface area (Å²) < 4.78 is 5.78.